The predicted octanol–water partition coefficient (Wildman–Crippen LogP) is 4.72. The van der Waals surface area contributed by atoms with Crippen LogP contribution in [-0.2, 0) is 18.2 Å². The average Bonchev–Trinajstić information content (AvgIpc) is 2.63. The molecule has 2 aromatic rings. The molecule has 138 valence electrons. The maximum absolute atomic E-state index is 12.7. The monoisotopic (exact) mass is 369 g/mol. The van der Waals surface area contributed by atoms with Gasteiger partial charge in [-0.05, 0) is 47.8 Å². The van der Waals surface area contributed by atoms with Gasteiger partial charge >= 0.3 is 0 Å². The summed E-state index contributed by atoms with van der Waals surface area (Å²) in [6.45, 7) is 6.64. The van der Waals surface area contributed by atoms with E-state index in [4.69, 9.17) is 0 Å². The first-order valence-corrected chi connectivity index (χ1v) is 10.2. The number of hydrogen-bond donors (Lipinski definition) is 0. The number of benzene rings is 1. The number of thioether (sulfide) groups is 1. The molecule has 3 rings (SSSR count). The summed E-state index contributed by atoms with van der Waals surface area (Å²) >= 11 is 1.55. The van der Waals surface area contributed by atoms with E-state index in [2.05, 4.69) is 61.3 Å². The highest BCUT2D eigenvalue weighted by atomic mass is 32.2. The molecule has 1 aliphatic carbocycles. The van der Waals surface area contributed by atoms with Crippen LogP contribution in [0.15, 0.2) is 40.3 Å². The van der Waals surface area contributed by atoms with E-state index >= 15 is 0 Å². The lowest BCUT2D eigenvalue weighted by atomic mass is 9.87. The Hall–Kier alpha value is -1.88. The van der Waals surface area contributed by atoms with E-state index in [1.807, 2.05) is 0 Å². The summed E-state index contributed by atoms with van der Waals surface area (Å²) in [5.41, 5.74) is 4.23. The van der Waals surface area contributed by atoms with E-state index in [0.29, 0.717) is 10.9 Å². The minimum Gasteiger partial charge on any atom is -0.287 e. The molecular weight excluding hydrogens is 342 g/mol. The SMILES string of the molecule is Cn1c(SCc2ccc(C(C)(C)C)cc2)nnc(C2=CCCCC2)c1=O. The highest BCUT2D eigenvalue weighted by Gasteiger charge is 2.16. The zero-order valence-electron chi connectivity index (χ0n) is 16.1. The molecule has 0 aliphatic heterocycles. The first-order valence-electron chi connectivity index (χ1n) is 9.21. The average molecular weight is 370 g/mol. The van der Waals surface area contributed by atoms with Gasteiger partial charge in [-0.1, -0.05) is 62.9 Å². The smallest absolute Gasteiger partial charge is 0.280 e. The molecule has 0 bridgehead atoms. The number of hydrogen-bond acceptors (Lipinski definition) is 4. The van der Waals surface area contributed by atoms with Crippen molar-refractivity contribution in [1.29, 1.82) is 0 Å². The first kappa shape index (κ1) is 18.9. The van der Waals surface area contributed by atoms with Gasteiger partial charge in [-0.15, -0.1) is 10.2 Å². The third-order valence-electron chi connectivity index (χ3n) is 4.81. The van der Waals surface area contributed by atoms with Crippen molar-refractivity contribution in [3.05, 3.63) is 57.5 Å². The molecule has 1 heterocycles. The van der Waals surface area contributed by atoms with Crippen LogP contribution in [-0.4, -0.2) is 14.8 Å². The molecule has 0 fully saturated rings. The zero-order chi connectivity index (χ0) is 18.7. The van der Waals surface area contributed by atoms with Gasteiger partial charge in [-0.3, -0.25) is 9.36 Å². The Morgan fingerprint density at radius 2 is 1.85 bits per heavy atom. The lowest BCUT2D eigenvalue weighted by molar-refractivity contribution is 0.590. The fraction of sp³-hybridized carbons (Fsp3) is 0.476. The first-order chi connectivity index (χ1) is 12.4. The van der Waals surface area contributed by atoms with Gasteiger partial charge in [-0.25, -0.2) is 0 Å². The quantitative estimate of drug-likeness (QED) is 0.732. The summed E-state index contributed by atoms with van der Waals surface area (Å²) in [6.07, 6.45) is 6.41. The van der Waals surface area contributed by atoms with Crippen molar-refractivity contribution < 1.29 is 0 Å². The van der Waals surface area contributed by atoms with Crippen LogP contribution in [0.4, 0.5) is 0 Å². The fourth-order valence-corrected chi connectivity index (χ4v) is 3.94. The van der Waals surface area contributed by atoms with E-state index < -0.39 is 0 Å². The minimum atomic E-state index is -0.0428. The van der Waals surface area contributed by atoms with Crippen LogP contribution in [0.3, 0.4) is 0 Å². The second kappa shape index (κ2) is 7.78. The van der Waals surface area contributed by atoms with Crippen molar-refractivity contribution in [3.63, 3.8) is 0 Å². The number of rotatable bonds is 4. The molecule has 1 aromatic heterocycles. The van der Waals surface area contributed by atoms with Gasteiger partial charge in [0, 0.05) is 12.8 Å². The molecule has 0 N–H and O–H groups in total. The topological polar surface area (TPSA) is 47.8 Å². The molecule has 1 aromatic carbocycles. The maximum Gasteiger partial charge on any atom is 0.280 e. The summed E-state index contributed by atoms with van der Waals surface area (Å²) in [5, 5.41) is 9.23. The lowest BCUT2D eigenvalue weighted by Gasteiger charge is -2.19. The van der Waals surface area contributed by atoms with Crippen LogP contribution in [0.2, 0.25) is 0 Å². The Morgan fingerprint density at radius 3 is 2.46 bits per heavy atom. The Balaban J connectivity index is 1.73. The number of allylic oxidation sites excluding steroid dienone is 2. The molecule has 0 atom stereocenters. The van der Waals surface area contributed by atoms with Crippen molar-refractivity contribution >= 4 is 17.3 Å². The normalized spacial score (nSPS) is 15.0. The third kappa shape index (κ3) is 4.26. The van der Waals surface area contributed by atoms with E-state index in [1.54, 1.807) is 23.4 Å². The fourth-order valence-electron chi connectivity index (χ4n) is 3.08. The third-order valence-corrected chi connectivity index (χ3v) is 5.90. The predicted molar refractivity (Wildman–Crippen MR) is 108 cm³/mol. The molecule has 1 aliphatic rings. The highest BCUT2D eigenvalue weighted by molar-refractivity contribution is 7.98. The van der Waals surface area contributed by atoms with Crippen molar-refractivity contribution in [2.45, 2.75) is 62.8 Å². The number of nitrogens with zero attached hydrogens (tertiary/aromatic N) is 3. The van der Waals surface area contributed by atoms with Gasteiger partial charge < -0.3 is 0 Å². The molecule has 26 heavy (non-hydrogen) atoms. The summed E-state index contributed by atoms with van der Waals surface area (Å²) in [5.74, 6) is 0.772. The summed E-state index contributed by atoms with van der Waals surface area (Å²) in [4.78, 5) is 12.7. The minimum absolute atomic E-state index is 0.0428. The molecule has 0 saturated carbocycles. The van der Waals surface area contributed by atoms with E-state index in [0.717, 1.165) is 30.6 Å². The van der Waals surface area contributed by atoms with Crippen molar-refractivity contribution in [1.82, 2.24) is 14.8 Å². The van der Waals surface area contributed by atoms with Gasteiger partial charge in [0.1, 0.15) is 0 Å². The van der Waals surface area contributed by atoms with Crippen molar-refractivity contribution in [2.75, 3.05) is 0 Å². The van der Waals surface area contributed by atoms with Crippen molar-refractivity contribution in [3.8, 4) is 0 Å². The molecular formula is C21H27N3OS. The van der Waals surface area contributed by atoms with E-state index in [-0.39, 0.29) is 11.0 Å². The molecule has 4 nitrogen and oxygen atoms in total. The largest absolute Gasteiger partial charge is 0.287 e. The molecule has 0 spiro atoms. The van der Waals surface area contributed by atoms with Gasteiger partial charge in [0.05, 0.1) is 0 Å². The van der Waals surface area contributed by atoms with Crippen LogP contribution in [0.25, 0.3) is 5.57 Å². The van der Waals surface area contributed by atoms with Gasteiger partial charge in [0.2, 0.25) is 0 Å². The van der Waals surface area contributed by atoms with Crippen LogP contribution < -0.4 is 5.56 Å². The lowest BCUT2D eigenvalue weighted by Crippen LogP contribution is -2.25. The Labute approximate surface area is 159 Å². The highest BCUT2D eigenvalue weighted by Crippen LogP contribution is 2.26. The van der Waals surface area contributed by atoms with Crippen LogP contribution in [0.5, 0.6) is 0 Å². The second-order valence-electron chi connectivity index (χ2n) is 7.91. The van der Waals surface area contributed by atoms with Gasteiger partial charge in [0.25, 0.3) is 5.56 Å². The Kier molecular flexibility index (Phi) is 5.66. The van der Waals surface area contributed by atoms with Gasteiger partial charge in [0.15, 0.2) is 10.9 Å². The molecule has 0 radical (unpaired) electrons. The Bertz CT molecular complexity index is 860. The second-order valence-corrected chi connectivity index (χ2v) is 8.85. The Morgan fingerprint density at radius 1 is 1.12 bits per heavy atom. The van der Waals surface area contributed by atoms with Crippen molar-refractivity contribution in [2.24, 2.45) is 7.05 Å². The molecule has 0 amide bonds. The maximum atomic E-state index is 12.7. The molecule has 5 heteroatoms. The zero-order valence-corrected chi connectivity index (χ0v) is 16.9. The van der Waals surface area contributed by atoms with Gasteiger partial charge in [-0.2, -0.15) is 0 Å². The standard InChI is InChI=1S/C21H27N3OS/c1-21(2,3)17-12-10-15(11-13-17)14-26-20-23-22-18(19(25)24(20)4)16-8-6-5-7-9-16/h8,10-13H,5-7,9,14H2,1-4H3. The van der Waals surface area contributed by atoms with E-state index in [9.17, 15) is 4.79 Å². The molecule has 0 saturated heterocycles. The molecule has 0 unspecified atom stereocenters. The number of aromatic nitrogens is 3. The van der Waals surface area contributed by atoms with Crippen LogP contribution in [0, 0.1) is 0 Å². The summed E-state index contributed by atoms with van der Waals surface area (Å²) in [6, 6.07) is 8.67. The van der Waals surface area contributed by atoms with E-state index in [1.165, 1.54) is 17.5 Å². The summed E-state index contributed by atoms with van der Waals surface area (Å²) in [7, 11) is 1.79. The van der Waals surface area contributed by atoms with Crippen LogP contribution in [0.1, 0.15) is 63.3 Å². The van der Waals surface area contributed by atoms with Crippen LogP contribution >= 0.6 is 11.8 Å². The summed E-state index contributed by atoms with van der Waals surface area (Å²) < 4.78 is 1.63.